The molecule has 23 heavy (non-hydrogen) atoms. The lowest BCUT2D eigenvalue weighted by molar-refractivity contribution is -0.118. The van der Waals surface area contributed by atoms with Crippen molar-refractivity contribution in [3.63, 3.8) is 0 Å². The van der Waals surface area contributed by atoms with Crippen LogP contribution in [0.25, 0.3) is 0 Å². The fourth-order valence-corrected chi connectivity index (χ4v) is 3.71. The van der Waals surface area contributed by atoms with Crippen LogP contribution in [0.3, 0.4) is 0 Å². The van der Waals surface area contributed by atoms with Gasteiger partial charge in [0.25, 0.3) is 0 Å². The molecule has 7 nitrogen and oxygen atoms in total. The zero-order valence-electron chi connectivity index (χ0n) is 13.8. The molecule has 4 rings (SSSR count). The van der Waals surface area contributed by atoms with Crippen LogP contribution in [0, 0.1) is 12.3 Å². The van der Waals surface area contributed by atoms with E-state index in [1.807, 2.05) is 24.7 Å². The maximum Gasteiger partial charge on any atom is 0.226 e. The minimum atomic E-state index is -0.265. The number of carbonyl (C=O) groups excluding carboxylic acids is 1. The summed E-state index contributed by atoms with van der Waals surface area (Å²) in [5, 5.41) is 12.1. The van der Waals surface area contributed by atoms with Gasteiger partial charge in [0.15, 0.2) is 5.78 Å². The predicted molar refractivity (Wildman–Crippen MR) is 84.8 cm³/mol. The average molecular weight is 312 g/mol. The Morgan fingerprint density at radius 2 is 2.13 bits per heavy atom. The lowest BCUT2D eigenvalue weighted by Gasteiger charge is -2.38. The largest absolute Gasteiger partial charge is 0.328 e. The number of aryl methyl sites for hydroxylation is 2. The number of rotatable bonds is 1. The van der Waals surface area contributed by atoms with E-state index in [2.05, 4.69) is 34.3 Å². The van der Waals surface area contributed by atoms with Gasteiger partial charge in [-0.1, -0.05) is 13.8 Å². The zero-order valence-corrected chi connectivity index (χ0v) is 13.8. The van der Waals surface area contributed by atoms with Gasteiger partial charge < -0.3 is 5.32 Å². The van der Waals surface area contributed by atoms with Crippen LogP contribution in [0.1, 0.15) is 44.1 Å². The maximum absolute atomic E-state index is 12.9. The van der Waals surface area contributed by atoms with Crippen molar-refractivity contribution >= 4 is 11.7 Å². The van der Waals surface area contributed by atoms with E-state index in [1.165, 1.54) is 6.33 Å². The molecule has 1 atom stereocenters. The van der Waals surface area contributed by atoms with Crippen LogP contribution in [-0.4, -0.2) is 30.3 Å². The second-order valence-corrected chi connectivity index (χ2v) is 7.22. The van der Waals surface area contributed by atoms with Gasteiger partial charge in [-0.05, 0) is 24.8 Å². The first-order valence-corrected chi connectivity index (χ1v) is 7.79. The van der Waals surface area contributed by atoms with Gasteiger partial charge in [0, 0.05) is 24.7 Å². The van der Waals surface area contributed by atoms with Gasteiger partial charge in [-0.3, -0.25) is 9.48 Å². The molecule has 2 aromatic heterocycles. The fraction of sp³-hybridized carbons (Fsp3) is 0.500. The number of nitrogens with zero attached hydrogens (tertiary/aromatic N) is 5. The van der Waals surface area contributed by atoms with E-state index < -0.39 is 0 Å². The van der Waals surface area contributed by atoms with Crippen molar-refractivity contribution in [3.05, 3.63) is 35.1 Å². The third kappa shape index (κ3) is 2.10. The van der Waals surface area contributed by atoms with Crippen LogP contribution >= 0.6 is 0 Å². The van der Waals surface area contributed by atoms with Gasteiger partial charge in [0.2, 0.25) is 5.95 Å². The number of nitrogens with one attached hydrogen (secondary N) is 1. The molecule has 7 heteroatoms. The molecule has 2 aliphatic rings. The summed E-state index contributed by atoms with van der Waals surface area (Å²) in [4.78, 5) is 17.2. The fourth-order valence-electron chi connectivity index (χ4n) is 3.71. The first kappa shape index (κ1) is 14.2. The molecule has 0 aromatic carbocycles. The summed E-state index contributed by atoms with van der Waals surface area (Å²) in [6.45, 7) is 6.20. The third-order valence-electron chi connectivity index (χ3n) is 4.59. The molecule has 0 fully saturated rings. The predicted octanol–water partition coefficient (Wildman–Crippen LogP) is 1.98. The Morgan fingerprint density at radius 3 is 2.83 bits per heavy atom. The molecule has 0 bridgehead atoms. The monoisotopic (exact) mass is 312 g/mol. The van der Waals surface area contributed by atoms with E-state index in [0.717, 1.165) is 29.1 Å². The lowest BCUT2D eigenvalue weighted by Crippen LogP contribution is -2.37. The van der Waals surface area contributed by atoms with Crippen molar-refractivity contribution in [1.29, 1.82) is 0 Å². The Hall–Kier alpha value is -2.44. The van der Waals surface area contributed by atoms with E-state index in [-0.39, 0.29) is 17.2 Å². The minimum absolute atomic E-state index is 0.0436. The summed E-state index contributed by atoms with van der Waals surface area (Å²) in [6.07, 6.45) is 2.89. The topological polar surface area (TPSA) is 77.6 Å². The molecule has 0 spiro atoms. The first-order chi connectivity index (χ1) is 10.9. The first-order valence-electron chi connectivity index (χ1n) is 7.79. The molecule has 1 unspecified atom stereocenters. The molecule has 1 N–H and O–H groups in total. The van der Waals surface area contributed by atoms with Crippen LogP contribution in [0.2, 0.25) is 0 Å². The Bertz CT molecular complexity index is 841. The van der Waals surface area contributed by atoms with E-state index in [1.54, 1.807) is 4.68 Å². The van der Waals surface area contributed by atoms with Gasteiger partial charge in [0.1, 0.15) is 12.4 Å². The van der Waals surface area contributed by atoms with Crippen molar-refractivity contribution in [2.24, 2.45) is 12.5 Å². The summed E-state index contributed by atoms with van der Waals surface area (Å²) < 4.78 is 3.61. The standard InChI is InChI=1S/C16H20N6O/c1-9-5-11(21(4)20-9)14-13-10(6-16(2,3)7-12(13)23)19-15-17-8-18-22(14)15/h5,8,14H,6-7H2,1-4H3,(H,17,18,19). The van der Waals surface area contributed by atoms with Crippen molar-refractivity contribution in [2.75, 3.05) is 5.32 Å². The second-order valence-electron chi connectivity index (χ2n) is 7.22. The maximum atomic E-state index is 12.9. The smallest absolute Gasteiger partial charge is 0.226 e. The number of hydrogen-bond donors (Lipinski definition) is 1. The number of anilines is 1. The van der Waals surface area contributed by atoms with E-state index in [4.69, 9.17) is 0 Å². The number of carbonyl (C=O) groups is 1. The van der Waals surface area contributed by atoms with Crippen molar-refractivity contribution in [1.82, 2.24) is 24.5 Å². The molecule has 0 saturated heterocycles. The van der Waals surface area contributed by atoms with E-state index in [9.17, 15) is 4.79 Å². The number of allylic oxidation sites excluding steroid dienone is 2. The number of Topliss-reactive ketones (excluding diaryl/α,β-unsaturated/α-hetero) is 1. The van der Waals surface area contributed by atoms with Gasteiger partial charge in [-0.15, -0.1) is 0 Å². The highest BCUT2D eigenvalue weighted by Gasteiger charge is 2.42. The van der Waals surface area contributed by atoms with Crippen molar-refractivity contribution < 1.29 is 4.79 Å². The molecule has 2 aromatic rings. The molecule has 0 saturated carbocycles. The van der Waals surface area contributed by atoms with Gasteiger partial charge in [-0.2, -0.15) is 15.2 Å². The van der Waals surface area contributed by atoms with Crippen LogP contribution in [0.5, 0.6) is 0 Å². The average Bonchev–Trinajstić information content (AvgIpc) is 3.01. The number of hydrogen-bond acceptors (Lipinski definition) is 5. The SMILES string of the molecule is Cc1cc(C2C3=C(CC(C)(C)CC3=O)Nc3ncnn32)n(C)n1. The minimum Gasteiger partial charge on any atom is -0.328 e. The van der Waals surface area contributed by atoms with Crippen LogP contribution in [0.4, 0.5) is 5.95 Å². The zero-order chi connectivity index (χ0) is 16.4. The van der Waals surface area contributed by atoms with E-state index >= 15 is 0 Å². The highest BCUT2D eigenvalue weighted by molar-refractivity contribution is 5.99. The van der Waals surface area contributed by atoms with Gasteiger partial charge in [0.05, 0.1) is 11.4 Å². The lowest BCUT2D eigenvalue weighted by atomic mass is 9.73. The molecule has 120 valence electrons. The molecule has 1 aliphatic carbocycles. The summed E-state index contributed by atoms with van der Waals surface area (Å²) >= 11 is 0. The van der Waals surface area contributed by atoms with Gasteiger partial charge in [-0.25, -0.2) is 4.68 Å². The second kappa shape index (κ2) is 4.53. The van der Waals surface area contributed by atoms with Crippen LogP contribution in [0.15, 0.2) is 23.7 Å². The Balaban J connectivity index is 1.93. The summed E-state index contributed by atoms with van der Waals surface area (Å²) in [5.41, 5.74) is 3.60. The Kier molecular flexibility index (Phi) is 2.79. The normalized spacial score (nSPS) is 22.6. The highest BCUT2D eigenvalue weighted by Crippen LogP contribution is 2.44. The molecule has 1 aliphatic heterocycles. The number of aromatic nitrogens is 5. The molecular weight excluding hydrogens is 292 g/mol. The highest BCUT2D eigenvalue weighted by atomic mass is 16.1. The molecule has 3 heterocycles. The quantitative estimate of drug-likeness (QED) is 0.871. The molecular formula is C16H20N6O. The summed E-state index contributed by atoms with van der Waals surface area (Å²) in [6, 6.07) is 1.75. The third-order valence-corrected chi connectivity index (χ3v) is 4.59. The Morgan fingerprint density at radius 1 is 1.35 bits per heavy atom. The van der Waals surface area contributed by atoms with E-state index in [0.29, 0.717) is 12.4 Å². The number of ketones is 1. The van der Waals surface area contributed by atoms with Gasteiger partial charge >= 0.3 is 0 Å². The van der Waals surface area contributed by atoms with Crippen LogP contribution in [-0.2, 0) is 11.8 Å². The molecule has 0 radical (unpaired) electrons. The number of fused-ring (bicyclic) bond motifs is 1. The molecule has 0 amide bonds. The van der Waals surface area contributed by atoms with Crippen molar-refractivity contribution in [3.8, 4) is 0 Å². The Labute approximate surface area is 134 Å². The van der Waals surface area contributed by atoms with Crippen LogP contribution < -0.4 is 5.32 Å². The van der Waals surface area contributed by atoms with Crippen molar-refractivity contribution in [2.45, 2.75) is 39.7 Å². The summed E-state index contributed by atoms with van der Waals surface area (Å²) in [7, 11) is 1.90. The summed E-state index contributed by atoms with van der Waals surface area (Å²) in [5.74, 6) is 0.854.